The van der Waals surface area contributed by atoms with Crippen LogP contribution in [-0.2, 0) is 10.3 Å². The Kier molecular flexibility index (Phi) is 4.44. The van der Waals surface area contributed by atoms with E-state index in [-0.39, 0.29) is 6.04 Å². The van der Waals surface area contributed by atoms with Crippen LogP contribution in [0.15, 0.2) is 4.52 Å². The molecule has 0 fully saturated rings. The second-order valence-electron chi connectivity index (χ2n) is 4.14. The highest BCUT2D eigenvalue weighted by molar-refractivity contribution is 5.00. The number of ether oxygens (including phenoxy) is 1. The lowest BCUT2D eigenvalue weighted by Crippen LogP contribution is -2.24. The molecule has 1 rings (SSSR count). The average molecular weight is 227 g/mol. The number of methoxy groups -OCH3 is 1. The summed E-state index contributed by atoms with van der Waals surface area (Å²) in [5.74, 6) is 1.06. The van der Waals surface area contributed by atoms with Crippen LogP contribution in [0.5, 0.6) is 0 Å². The molecule has 0 radical (unpaired) electrons. The SMILES string of the molecule is CCCC(N)c1noc(C(C)(CC)OC)n1. The molecule has 0 aliphatic rings. The minimum absolute atomic E-state index is 0.152. The maximum Gasteiger partial charge on any atom is 0.258 e. The van der Waals surface area contributed by atoms with E-state index in [0.29, 0.717) is 11.7 Å². The summed E-state index contributed by atoms with van der Waals surface area (Å²) in [5, 5.41) is 3.91. The summed E-state index contributed by atoms with van der Waals surface area (Å²) in [5.41, 5.74) is 5.40. The summed E-state index contributed by atoms with van der Waals surface area (Å²) in [6, 6.07) is -0.152. The highest BCUT2D eigenvalue weighted by Crippen LogP contribution is 2.27. The first-order valence-electron chi connectivity index (χ1n) is 5.72. The minimum atomic E-state index is -0.517. The Hall–Kier alpha value is -0.940. The van der Waals surface area contributed by atoms with Crippen LogP contribution in [0.3, 0.4) is 0 Å². The molecule has 0 aromatic carbocycles. The van der Waals surface area contributed by atoms with Gasteiger partial charge < -0.3 is 15.0 Å². The van der Waals surface area contributed by atoms with Crippen molar-refractivity contribution in [3.63, 3.8) is 0 Å². The van der Waals surface area contributed by atoms with Gasteiger partial charge in [-0.2, -0.15) is 4.98 Å². The Balaban J connectivity index is 2.85. The predicted molar refractivity (Wildman–Crippen MR) is 60.8 cm³/mol. The maximum absolute atomic E-state index is 5.92. The van der Waals surface area contributed by atoms with Crippen molar-refractivity contribution in [3.8, 4) is 0 Å². The smallest absolute Gasteiger partial charge is 0.258 e. The molecule has 92 valence electrons. The van der Waals surface area contributed by atoms with Gasteiger partial charge in [0.2, 0.25) is 0 Å². The number of rotatable bonds is 6. The van der Waals surface area contributed by atoms with E-state index in [4.69, 9.17) is 15.0 Å². The average Bonchev–Trinajstić information content (AvgIpc) is 2.78. The van der Waals surface area contributed by atoms with E-state index in [2.05, 4.69) is 17.1 Å². The first kappa shape index (κ1) is 13.1. The number of aromatic nitrogens is 2. The van der Waals surface area contributed by atoms with Crippen LogP contribution in [0.2, 0.25) is 0 Å². The minimum Gasteiger partial charge on any atom is -0.369 e. The lowest BCUT2D eigenvalue weighted by molar-refractivity contribution is -0.0272. The van der Waals surface area contributed by atoms with Crippen LogP contribution in [0.25, 0.3) is 0 Å². The van der Waals surface area contributed by atoms with Crippen molar-refractivity contribution in [1.82, 2.24) is 10.1 Å². The second-order valence-corrected chi connectivity index (χ2v) is 4.14. The van der Waals surface area contributed by atoms with E-state index in [9.17, 15) is 0 Å². The third kappa shape index (κ3) is 2.59. The van der Waals surface area contributed by atoms with E-state index < -0.39 is 5.60 Å². The second kappa shape index (κ2) is 5.41. The zero-order valence-electron chi connectivity index (χ0n) is 10.5. The fourth-order valence-corrected chi connectivity index (χ4v) is 1.42. The van der Waals surface area contributed by atoms with Gasteiger partial charge in [0.1, 0.15) is 5.60 Å². The third-order valence-corrected chi connectivity index (χ3v) is 2.95. The molecule has 2 unspecified atom stereocenters. The topological polar surface area (TPSA) is 74.2 Å². The van der Waals surface area contributed by atoms with Crippen LogP contribution >= 0.6 is 0 Å². The van der Waals surface area contributed by atoms with E-state index in [1.165, 1.54) is 0 Å². The van der Waals surface area contributed by atoms with Gasteiger partial charge in [-0.05, 0) is 19.8 Å². The first-order valence-corrected chi connectivity index (χ1v) is 5.72. The fourth-order valence-electron chi connectivity index (χ4n) is 1.42. The summed E-state index contributed by atoms with van der Waals surface area (Å²) in [6.07, 6.45) is 2.63. The summed E-state index contributed by atoms with van der Waals surface area (Å²) in [7, 11) is 1.64. The molecule has 0 bridgehead atoms. The van der Waals surface area contributed by atoms with Crippen molar-refractivity contribution in [2.45, 2.75) is 51.7 Å². The number of nitrogens with zero attached hydrogens (tertiary/aromatic N) is 2. The predicted octanol–water partition coefficient (Wildman–Crippen LogP) is 2.14. The lowest BCUT2D eigenvalue weighted by atomic mass is 10.0. The van der Waals surface area contributed by atoms with Crippen molar-refractivity contribution in [3.05, 3.63) is 11.7 Å². The molecular formula is C11H21N3O2. The molecule has 0 aliphatic carbocycles. The summed E-state index contributed by atoms with van der Waals surface area (Å²) in [4.78, 5) is 4.31. The molecule has 1 aromatic rings. The quantitative estimate of drug-likeness (QED) is 0.805. The van der Waals surface area contributed by atoms with Gasteiger partial charge in [-0.25, -0.2) is 0 Å². The molecule has 1 aromatic heterocycles. The molecule has 5 nitrogen and oxygen atoms in total. The molecule has 5 heteroatoms. The van der Waals surface area contributed by atoms with Crippen molar-refractivity contribution >= 4 is 0 Å². The zero-order valence-corrected chi connectivity index (χ0v) is 10.5. The van der Waals surface area contributed by atoms with Crippen LogP contribution < -0.4 is 5.73 Å². The van der Waals surface area contributed by atoms with Gasteiger partial charge in [-0.1, -0.05) is 25.4 Å². The number of hydrogen-bond donors (Lipinski definition) is 1. The van der Waals surface area contributed by atoms with Gasteiger partial charge in [-0.15, -0.1) is 0 Å². The van der Waals surface area contributed by atoms with Crippen molar-refractivity contribution in [2.24, 2.45) is 5.73 Å². The summed E-state index contributed by atoms with van der Waals surface area (Å²) in [6.45, 7) is 6.02. The lowest BCUT2D eigenvalue weighted by Gasteiger charge is -2.21. The van der Waals surface area contributed by atoms with Crippen LogP contribution in [0, 0.1) is 0 Å². The summed E-state index contributed by atoms with van der Waals surface area (Å²) < 4.78 is 10.6. The van der Waals surface area contributed by atoms with E-state index in [1.807, 2.05) is 13.8 Å². The Bertz CT molecular complexity index is 321. The normalized spacial score (nSPS) is 17.1. The molecular weight excluding hydrogens is 206 g/mol. The zero-order chi connectivity index (χ0) is 12.2. The largest absolute Gasteiger partial charge is 0.369 e. The van der Waals surface area contributed by atoms with Gasteiger partial charge in [0, 0.05) is 7.11 Å². The maximum atomic E-state index is 5.92. The van der Waals surface area contributed by atoms with Crippen LogP contribution in [-0.4, -0.2) is 17.3 Å². The molecule has 0 saturated carbocycles. The molecule has 16 heavy (non-hydrogen) atoms. The summed E-state index contributed by atoms with van der Waals surface area (Å²) >= 11 is 0. The van der Waals surface area contributed by atoms with Crippen molar-refractivity contribution in [1.29, 1.82) is 0 Å². The third-order valence-electron chi connectivity index (χ3n) is 2.95. The Morgan fingerprint density at radius 2 is 2.19 bits per heavy atom. The van der Waals surface area contributed by atoms with E-state index in [1.54, 1.807) is 7.11 Å². The van der Waals surface area contributed by atoms with Gasteiger partial charge >= 0.3 is 0 Å². The molecule has 0 saturated heterocycles. The molecule has 2 N–H and O–H groups in total. The molecule has 0 aliphatic heterocycles. The highest BCUT2D eigenvalue weighted by Gasteiger charge is 2.31. The van der Waals surface area contributed by atoms with Gasteiger partial charge in [0.05, 0.1) is 6.04 Å². The highest BCUT2D eigenvalue weighted by atomic mass is 16.5. The van der Waals surface area contributed by atoms with E-state index in [0.717, 1.165) is 19.3 Å². The Morgan fingerprint density at radius 3 is 2.69 bits per heavy atom. The van der Waals surface area contributed by atoms with E-state index >= 15 is 0 Å². The molecule has 1 heterocycles. The monoisotopic (exact) mass is 227 g/mol. The van der Waals surface area contributed by atoms with Crippen LogP contribution in [0.4, 0.5) is 0 Å². The molecule has 0 amide bonds. The van der Waals surface area contributed by atoms with Gasteiger partial charge in [0.25, 0.3) is 5.89 Å². The standard InChI is InChI=1S/C11H21N3O2/c1-5-7-8(12)9-13-10(16-14-9)11(3,6-2)15-4/h8H,5-7,12H2,1-4H3. The fraction of sp³-hybridized carbons (Fsp3) is 0.818. The Morgan fingerprint density at radius 1 is 1.50 bits per heavy atom. The molecule has 2 atom stereocenters. The Labute approximate surface area is 96.4 Å². The van der Waals surface area contributed by atoms with Gasteiger partial charge in [0.15, 0.2) is 5.82 Å². The molecule has 0 spiro atoms. The van der Waals surface area contributed by atoms with Crippen molar-refractivity contribution < 1.29 is 9.26 Å². The van der Waals surface area contributed by atoms with Crippen LogP contribution in [0.1, 0.15) is 57.8 Å². The number of nitrogens with two attached hydrogens (primary N) is 1. The van der Waals surface area contributed by atoms with Gasteiger partial charge in [-0.3, -0.25) is 0 Å². The number of hydrogen-bond acceptors (Lipinski definition) is 5. The van der Waals surface area contributed by atoms with Crippen molar-refractivity contribution in [2.75, 3.05) is 7.11 Å². The first-order chi connectivity index (χ1) is 7.57.